The lowest BCUT2D eigenvalue weighted by Crippen LogP contribution is -2.21. The molecular formula is C12H10ClNOS2. The Morgan fingerprint density at radius 2 is 2.24 bits per heavy atom. The molecule has 0 aliphatic heterocycles. The summed E-state index contributed by atoms with van der Waals surface area (Å²) in [6, 6.07) is 9.17. The van der Waals surface area contributed by atoms with Gasteiger partial charge in [0.2, 0.25) is 0 Å². The first kappa shape index (κ1) is 12.5. The molecule has 1 aromatic heterocycles. The predicted octanol–water partition coefficient (Wildman–Crippen LogP) is 3.62. The fourth-order valence-electron chi connectivity index (χ4n) is 1.36. The fourth-order valence-corrected chi connectivity index (χ4v) is 2.64. The Kier molecular flexibility index (Phi) is 4.10. The molecule has 1 amide bonds. The number of nitrogens with one attached hydrogen (secondary N) is 1. The van der Waals surface area contributed by atoms with Crippen molar-refractivity contribution >= 4 is 41.5 Å². The van der Waals surface area contributed by atoms with Crippen LogP contribution in [-0.2, 0) is 6.54 Å². The van der Waals surface area contributed by atoms with Gasteiger partial charge in [-0.3, -0.25) is 4.79 Å². The molecule has 0 spiro atoms. The van der Waals surface area contributed by atoms with Crippen molar-refractivity contribution in [2.24, 2.45) is 0 Å². The number of thiophene rings is 1. The van der Waals surface area contributed by atoms with E-state index < -0.39 is 0 Å². The first-order chi connectivity index (χ1) is 8.15. The van der Waals surface area contributed by atoms with E-state index in [1.807, 2.05) is 23.6 Å². The number of hydrogen-bond acceptors (Lipinski definition) is 3. The van der Waals surface area contributed by atoms with Crippen LogP contribution < -0.4 is 5.32 Å². The second-order valence-corrected chi connectivity index (χ2v) is 5.35. The van der Waals surface area contributed by atoms with E-state index in [0.29, 0.717) is 16.4 Å². The van der Waals surface area contributed by atoms with Crippen molar-refractivity contribution in [3.8, 4) is 0 Å². The molecule has 0 aliphatic rings. The van der Waals surface area contributed by atoms with Gasteiger partial charge in [0, 0.05) is 21.8 Å². The number of thiol groups is 1. The van der Waals surface area contributed by atoms with E-state index in [-0.39, 0.29) is 5.91 Å². The molecule has 17 heavy (non-hydrogen) atoms. The summed E-state index contributed by atoms with van der Waals surface area (Å²) in [5, 5.41) is 5.34. The van der Waals surface area contributed by atoms with Crippen molar-refractivity contribution in [3.63, 3.8) is 0 Å². The van der Waals surface area contributed by atoms with Gasteiger partial charge in [0.15, 0.2) is 0 Å². The largest absolute Gasteiger partial charge is 0.347 e. The zero-order valence-electron chi connectivity index (χ0n) is 8.81. The van der Waals surface area contributed by atoms with Gasteiger partial charge in [-0.2, -0.15) is 0 Å². The molecule has 1 N–H and O–H groups in total. The third kappa shape index (κ3) is 3.49. The van der Waals surface area contributed by atoms with Gasteiger partial charge in [0.25, 0.3) is 5.91 Å². The topological polar surface area (TPSA) is 29.1 Å². The Hall–Kier alpha value is -0.970. The molecule has 2 nitrogen and oxygen atoms in total. The summed E-state index contributed by atoms with van der Waals surface area (Å²) in [5.74, 6) is -0.0877. The lowest BCUT2D eigenvalue weighted by atomic mass is 10.2. The summed E-state index contributed by atoms with van der Waals surface area (Å²) >= 11 is 11.4. The molecule has 2 aromatic rings. The Labute approximate surface area is 114 Å². The normalized spacial score (nSPS) is 10.2. The van der Waals surface area contributed by atoms with Gasteiger partial charge in [-0.1, -0.05) is 23.7 Å². The zero-order chi connectivity index (χ0) is 12.3. The number of hydrogen-bond donors (Lipinski definition) is 2. The van der Waals surface area contributed by atoms with Crippen LogP contribution in [0, 0.1) is 0 Å². The molecule has 0 fully saturated rings. The smallest absolute Gasteiger partial charge is 0.261 e. The van der Waals surface area contributed by atoms with Crippen LogP contribution in [0.4, 0.5) is 0 Å². The van der Waals surface area contributed by atoms with Crippen molar-refractivity contribution in [1.29, 1.82) is 0 Å². The van der Waals surface area contributed by atoms with Crippen molar-refractivity contribution in [2.75, 3.05) is 0 Å². The summed E-state index contributed by atoms with van der Waals surface area (Å²) in [6.07, 6.45) is 0. The molecule has 0 saturated carbocycles. The molecule has 0 aliphatic carbocycles. The lowest BCUT2D eigenvalue weighted by Gasteiger charge is -2.03. The number of carbonyl (C=O) groups is 1. The van der Waals surface area contributed by atoms with Crippen LogP contribution >= 0.6 is 35.6 Å². The van der Waals surface area contributed by atoms with Crippen molar-refractivity contribution in [3.05, 3.63) is 51.2 Å². The van der Waals surface area contributed by atoms with E-state index in [1.165, 1.54) is 11.3 Å². The molecule has 0 atom stereocenters. The SMILES string of the molecule is O=C(NCc1cccc(Cl)c1)c1cc(S)cs1. The molecule has 5 heteroatoms. The Bertz CT molecular complexity index is 539. The Morgan fingerprint density at radius 1 is 1.41 bits per heavy atom. The van der Waals surface area contributed by atoms with Gasteiger partial charge in [0.1, 0.15) is 0 Å². The molecular weight excluding hydrogens is 274 g/mol. The molecule has 0 radical (unpaired) electrons. The van der Waals surface area contributed by atoms with Crippen LogP contribution in [0.15, 0.2) is 40.6 Å². The minimum Gasteiger partial charge on any atom is -0.347 e. The minimum absolute atomic E-state index is 0.0877. The van der Waals surface area contributed by atoms with Crippen molar-refractivity contribution in [1.82, 2.24) is 5.32 Å². The van der Waals surface area contributed by atoms with Crippen molar-refractivity contribution in [2.45, 2.75) is 11.4 Å². The zero-order valence-corrected chi connectivity index (χ0v) is 11.3. The molecule has 1 aromatic carbocycles. The molecule has 2 rings (SSSR count). The number of benzene rings is 1. The minimum atomic E-state index is -0.0877. The third-order valence-corrected chi connectivity index (χ3v) is 3.75. The lowest BCUT2D eigenvalue weighted by molar-refractivity contribution is 0.0955. The number of amides is 1. The molecule has 0 saturated heterocycles. The second-order valence-electron chi connectivity index (χ2n) is 3.48. The monoisotopic (exact) mass is 283 g/mol. The van der Waals surface area contributed by atoms with E-state index >= 15 is 0 Å². The summed E-state index contributed by atoms with van der Waals surface area (Å²) < 4.78 is 0. The van der Waals surface area contributed by atoms with Crippen molar-refractivity contribution < 1.29 is 4.79 Å². The van der Waals surface area contributed by atoms with Crippen LogP contribution in [0.1, 0.15) is 15.2 Å². The standard InChI is InChI=1S/C12H10ClNOS2/c13-9-3-1-2-8(4-9)6-14-12(15)11-5-10(16)7-17-11/h1-5,7,16H,6H2,(H,14,15). The number of halogens is 1. The second kappa shape index (κ2) is 5.58. The van der Waals surface area contributed by atoms with Gasteiger partial charge >= 0.3 is 0 Å². The maximum Gasteiger partial charge on any atom is 0.261 e. The van der Waals surface area contributed by atoms with Crippen LogP contribution in [0.3, 0.4) is 0 Å². The van der Waals surface area contributed by atoms with Crippen LogP contribution in [0.5, 0.6) is 0 Å². The van der Waals surface area contributed by atoms with Crippen LogP contribution in [-0.4, -0.2) is 5.91 Å². The average Bonchev–Trinajstić information content (AvgIpc) is 2.73. The fraction of sp³-hybridized carbons (Fsp3) is 0.0833. The van der Waals surface area contributed by atoms with Crippen LogP contribution in [0.2, 0.25) is 5.02 Å². The highest BCUT2D eigenvalue weighted by Gasteiger charge is 2.07. The quantitative estimate of drug-likeness (QED) is 0.828. The third-order valence-electron chi connectivity index (χ3n) is 2.15. The van der Waals surface area contributed by atoms with Gasteiger partial charge in [-0.15, -0.1) is 24.0 Å². The first-order valence-corrected chi connectivity index (χ1v) is 6.66. The predicted molar refractivity (Wildman–Crippen MR) is 74.2 cm³/mol. The van der Waals surface area contributed by atoms with E-state index in [0.717, 1.165) is 10.5 Å². The van der Waals surface area contributed by atoms with Gasteiger partial charge in [0.05, 0.1) is 4.88 Å². The van der Waals surface area contributed by atoms with E-state index in [4.69, 9.17) is 11.6 Å². The first-order valence-electron chi connectivity index (χ1n) is 4.95. The van der Waals surface area contributed by atoms with E-state index in [2.05, 4.69) is 17.9 Å². The summed E-state index contributed by atoms with van der Waals surface area (Å²) in [7, 11) is 0. The van der Waals surface area contributed by atoms with E-state index in [1.54, 1.807) is 12.1 Å². The highest BCUT2D eigenvalue weighted by Crippen LogP contribution is 2.17. The highest BCUT2D eigenvalue weighted by molar-refractivity contribution is 7.80. The summed E-state index contributed by atoms with van der Waals surface area (Å²) in [4.78, 5) is 13.2. The molecule has 0 unspecified atom stereocenters. The molecule has 88 valence electrons. The maximum absolute atomic E-state index is 11.7. The summed E-state index contributed by atoms with van der Waals surface area (Å²) in [6.45, 7) is 0.471. The molecule has 1 heterocycles. The number of carbonyl (C=O) groups excluding carboxylic acids is 1. The molecule has 0 bridgehead atoms. The van der Waals surface area contributed by atoms with Gasteiger partial charge in [-0.05, 0) is 23.8 Å². The average molecular weight is 284 g/mol. The highest BCUT2D eigenvalue weighted by atomic mass is 35.5. The maximum atomic E-state index is 11.7. The van der Waals surface area contributed by atoms with Crippen LogP contribution in [0.25, 0.3) is 0 Å². The Balaban J connectivity index is 1.97. The Morgan fingerprint density at radius 3 is 2.88 bits per heavy atom. The van der Waals surface area contributed by atoms with Gasteiger partial charge < -0.3 is 5.32 Å². The number of rotatable bonds is 3. The summed E-state index contributed by atoms with van der Waals surface area (Å²) in [5.41, 5.74) is 0.980. The van der Waals surface area contributed by atoms with Gasteiger partial charge in [-0.25, -0.2) is 0 Å². The van der Waals surface area contributed by atoms with E-state index in [9.17, 15) is 4.79 Å².